The number of hydrogen-bond donors (Lipinski definition) is 1. The van der Waals surface area contributed by atoms with Crippen molar-refractivity contribution in [1.82, 2.24) is 9.80 Å². The van der Waals surface area contributed by atoms with Crippen molar-refractivity contribution >= 4 is 23.1 Å². The molecule has 0 aromatic heterocycles. The maximum atomic E-state index is 11.2. The van der Waals surface area contributed by atoms with Gasteiger partial charge in [-0.3, -0.25) is 0 Å². The number of para-hydroxylation sites is 2. The third-order valence-corrected chi connectivity index (χ3v) is 9.18. The van der Waals surface area contributed by atoms with E-state index >= 15 is 0 Å². The summed E-state index contributed by atoms with van der Waals surface area (Å²) in [7, 11) is 10.1. The first-order valence-corrected chi connectivity index (χ1v) is 14.9. The number of nitrogens with zero attached hydrogens (tertiary/aromatic N) is 3. The SMILES string of the molecule is CC(CN1c2ccccc2Sc2ccccc21)N(C)C.COc1cccc([C@@]2(O)CCCC[C@@H]2CN(C)C)c1. The number of benzene rings is 3. The number of fused-ring (bicyclic) bond motifs is 2. The normalized spacial score (nSPS) is 21.1. The number of ether oxygens (including phenoxy) is 1. The first kappa shape index (κ1) is 29.5. The summed E-state index contributed by atoms with van der Waals surface area (Å²) >= 11 is 1.87. The van der Waals surface area contributed by atoms with Crippen molar-refractivity contribution in [3.8, 4) is 5.75 Å². The average molecular weight is 548 g/mol. The van der Waals surface area contributed by atoms with Crippen molar-refractivity contribution in [2.45, 2.75) is 54.0 Å². The van der Waals surface area contributed by atoms with E-state index < -0.39 is 5.60 Å². The van der Waals surface area contributed by atoms with Gasteiger partial charge in [0.1, 0.15) is 5.75 Å². The summed E-state index contributed by atoms with van der Waals surface area (Å²) in [6.07, 6.45) is 4.24. The minimum Gasteiger partial charge on any atom is -0.497 e. The smallest absolute Gasteiger partial charge is 0.119 e. The summed E-state index contributed by atoms with van der Waals surface area (Å²) in [5.41, 5.74) is 2.94. The molecule has 1 aliphatic carbocycles. The zero-order valence-corrected chi connectivity index (χ0v) is 25.2. The zero-order chi connectivity index (χ0) is 28.0. The lowest BCUT2D eigenvalue weighted by Gasteiger charge is -2.41. The molecule has 1 heterocycles. The fourth-order valence-electron chi connectivity index (χ4n) is 5.59. The molecule has 0 saturated heterocycles. The fourth-order valence-corrected chi connectivity index (χ4v) is 6.68. The van der Waals surface area contributed by atoms with Gasteiger partial charge in [-0.15, -0.1) is 0 Å². The van der Waals surface area contributed by atoms with E-state index in [1.807, 2.05) is 36.0 Å². The van der Waals surface area contributed by atoms with Gasteiger partial charge in [0.05, 0.1) is 24.1 Å². The van der Waals surface area contributed by atoms with Gasteiger partial charge in [0.15, 0.2) is 0 Å². The van der Waals surface area contributed by atoms with Crippen molar-refractivity contribution in [3.05, 3.63) is 78.4 Å². The Bertz CT molecular complexity index is 1170. The Balaban J connectivity index is 0.000000181. The molecule has 2 aliphatic rings. The summed E-state index contributed by atoms with van der Waals surface area (Å²) in [6.45, 7) is 4.20. The molecule has 0 spiro atoms. The highest BCUT2D eigenvalue weighted by molar-refractivity contribution is 7.99. The Kier molecular flexibility index (Phi) is 10.00. The van der Waals surface area contributed by atoms with Gasteiger partial charge in [0, 0.05) is 34.8 Å². The van der Waals surface area contributed by atoms with Crippen LogP contribution in [0.1, 0.15) is 38.2 Å². The third kappa shape index (κ3) is 6.98. The van der Waals surface area contributed by atoms with Crippen molar-refractivity contribution in [1.29, 1.82) is 0 Å². The fraction of sp³-hybridized carbons (Fsp3) is 0.455. The van der Waals surface area contributed by atoms with Crippen LogP contribution in [0.15, 0.2) is 82.6 Å². The molecule has 0 amide bonds. The summed E-state index contributed by atoms with van der Waals surface area (Å²) in [6, 6.07) is 25.8. The zero-order valence-electron chi connectivity index (χ0n) is 24.4. The molecule has 3 aromatic rings. The Morgan fingerprint density at radius 1 is 0.949 bits per heavy atom. The van der Waals surface area contributed by atoms with Crippen LogP contribution in [-0.4, -0.2) is 69.3 Å². The molecule has 5 nitrogen and oxygen atoms in total. The number of methoxy groups -OCH3 is 1. The van der Waals surface area contributed by atoms with Crippen LogP contribution in [0, 0.1) is 5.92 Å². The topological polar surface area (TPSA) is 39.2 Å². The van der Waals surface area contributed by atoms with Crippen molar-refractivity contribution in [2.75, 3.05) is 53.3 Å². The molecule has 39 heavy (non-hydrogen) atoms. The second-order valence-electron chi connectivity index (χ2n) is 11.3. The van der Waals surface area contributed by atoms with Crippen LogP contribution in [0.3, 0.4) is 0 Å². The summed E-state index contributed by atoms with van der Waals surface area (Å²) in [4.78, 5) is 9.58. The second kappa shape index (κ2) is 13.2. The average Bonchev–Trinajstić information content (AvgIpc) is 2.94. The van der Waals surface area contributed by atoms with Gasteiger partial charge in [0.2, 0.25) is 0 Å². The molecule has 5 rings (SSSR count). The van der Waals surface area contributed by atoms with Crippen LogP contribution >= 0.6 is 11.8 Å². The predicted octanol–water partition coefficient (Wildman–Crippen LogP) is 6.87. The van der Waals surface area contributed by atoms with E-state index in [0.29, 0.717) is 12.0 Å². The van der Waals surface area contributed by atoms with E-state index in [4.69, 9.17) is 4.74 Å². The van der Waals surface area contributed by atoms with Crippen molar-refractivity contribution < 1.29 is 9.84 Å². The van der Waals surface area contributed by atoms with Crippen molar-refractivity contribution in [3.63, 3.8) is 0 Å². The first-order valence-electron chi connectivity index (χ1n) is 14.0. The van der Waals surface area contributed by atoms with E-state index in [1.165, 1.54) is 27.6 Å². The largest absolute Gasteiger partial charge is 0.497 e. The molecule has 1 aliphatic heterocycles. The Labute approximate surface area is 239 Å². The maximum absolute atomic E-state index is 11.2. The van der Waals surface area contributed by atoms with Gasteiger partial charge in [-0.25, -0.2) is 0 Å². The maximum Gasteiger partial charge on any atom is 0.119 e. The van der Waals surface area contributed by atoms with Crippen LogP contribution in [0.25, 0.3) is 0 Å². The Hall–Kier alpha value is -2.51. The van der Waals surface area contributed by atoms with E-state index in [9.17, 15) is 5.11 Å². The van der Waals surface area contributed by atoms with E-state index in [1.54, 1.807) is 7.11 Å². The molecule has 0 radical (unpaired) electrons. The van der Waals surface area contributed by atoms with Crippen LogP contribution in [0.4, 0.5) is 11.4 Å². The van der Waals surface area contributed by atoms with Crippen molar-refractivity contribution in [2.24, 2.45) is 5.92 Å². The van der Waals surface area contributed by atoms with E-state index in [2.05, 4.69) is 98.3 Å². The number of aliphatic hydroxyl groups is 1. The van der Waals surface area contributed by atoms with Gasteiger partial charge in [0.25, 0.3) is 0 Å². The lowest BCUT2D eigenvalue weighted by atomic mass is 9.71. The summed E-state index contributed by atoms with van der Waals surface area (Å²) < 4.78 is 5.29. The predicted molar refractivity (Wildman–Crippen MR) is 165 cm³/mol. The molecule has 3 atom stereocenters. The third-order valence-electron chi connectivity index (χ3n) is 8.05. The standard InChI is InChI=1S/C17H20N2S.C16H25NO2/c1-13(18(2)3)12-19-14-8-4-6-10-16(14)20-17-11-7-5-9-15(17)19;1-17(2)12-14-7-4-5-10-16(14,18)13-8-6-9-15(11-13)19-3/h4-11,13H,12H2,1-3H3;6,8-9,11,14,18H,4-5,7,10,12H2,1-3H3/t;14-,16+/m.1/s1. The van der Waals surface area contributed by atoms with E-state index in [-0.39, 0.29) is 0 Å². The first-order chi connectivity index (χ1) is 18.7. The highest BCUT2D eigenvalue weighted by atomic mass is 32.2. The second-order valence-corrected chi connectivity index (χ2v) is 12.4. The molecular formula is C33H45N3O2S. The molecule has 3 aromatic carbocycles. The lowest BCUT2D eigenvalue weighted by molar-refractivity contribution is -0.0619. The Morgan fingerprint density at radius 2 is 1.59 bits per heavy atom. The highest BCUT2D eigenvalue weighted by Crippen LogP contribution is 2.48. The monoisotopic (exact) mass is 547 g/mol. The van der Waals surface area contributed by atoms with Gasteiger partial charge in [-0.2, -0.15) is 0 Å². The number of hydrogen-bond acceptors (Lipinski definition) is 6. The minimum absolute atomic E-state index is 0.295. The lowest BCUT2D eigenvalue weighted by Crippen LogP contribution is -2.43. The van der Waals surface area contributed by atoms with E-state index in [0.717, 1.165) is 43.7 Å². The van der Waals surface area contributed by atoms with Crippen LogP contribution in [0.2, 0.25) is 0 Å². The van der Waals surface area contributed by atoms with Crippen LogP contribution in [0.5, 0.6) is 5.75 Å². The molecule has 1 N–H and O–H groups in total. The molecule has 6 heteroatoms. The minimum atomic E-state index is -0.711. The van der Waals surface area contributed by atoms with Gasteiger partial charge < -0.3 is 24.5 Å². The highest BCUT2D eigenvalue weighted by Gasteiger charge is 2.40. The quantitative estimate of drug-likeness (QED) is 0.348. The molecule has 0 bridgehead atoms. The number of likely N-dealkylation sites (N-methyl/N-ethyl adjacent to an activating group) is 1. The molecule has 210 valence electrons. The Morgan fingerprint density at radius 3 is 2.18 bits per heavy atom. The molecular weight excluding hydrogens is 502 g/mol. The number of anilines is 2. The van der Waals surface area contributed by atoms with Gasteiger partial charge >= 0.3 is 0 Å². The molecule has 1 unspecified atom stereocenters. The van der Waals surface area contributed by atoms with Gasteiger partial charge in [-0.05, 0) is 89.9 Å². The summed E-state index contributed by atoms with van der Waals surface area (Å²) in [5.74, 6) is 1.11. The van der Waals surface area contributed by atoms with Gasteiger partial charge in [-0.1, -0.05) is 61.0 Å². The number of rotatable bonds is 7. The van der Waals surface area contributed by atoms with Crippen LogP contribution in [-0.2, 0) is 5.60 Å². The molecule has 1 saturated carbocycles. The summed E-state index contributed by atoms with van der Waals surface area (Å²) in [5, 5.41) is 11.2. The van der Waals surface area contributed by atoms with Crippen LogP contribution < -0.4 is 9.64 Å². The molecule has 1 fully saturated rings.